The number of aliphatic hydroxyl groups excluding tert-OH is 1. The Morgan fingerprint density at radius 1 is 1.31 bits per heavy atom. The molecular formula is C13H19NO2. The van der Waals surface area contributed by atoms with Crippen LogP contribution in [0.4, 0.5) is 0 Å². The Morgan fingerprint density at radius 3 is 2.56 bits per heavy atom. The summed E-state index contributed by atoms with van der Waals surface area (Å²) < 4.78 is 5.14. The second-order valence-electron chi connectivity index (χ2n) is 4.35. The summed E-state index contributed by atoms with van der Waals surface area (Å²) in [5.74, 6) is 0.854. The lowest BCUT2D eigenvalue weighted by Crippen LogP contribution is -2.48. The molecule has 0 spiro atoms. The molecule has 1 unspecified atom stereocenters. The zero-order chi connectivity index (χ0) is 11.4. The first kappa shape index (κ1) is 11.4. The summed E-state index contributed by atoms with van der Waals surface area (Å²) in [5, 5.41) is 13.1. The Hall–Kier alpha value is -1.06. The zero-order valence-corrected chi connectivity index (χ0v) is 9.70. The maximum absolute atomic E-state index is 9.63. The van der Waals surface area contributed by atoms with Gasteiger partial charge in [-0.15, -0.1) is 0 Å². The minimum absolute atomic E-state index is 0.152. The summed E-state index contributed by atoms with van der Waals surface area (Å²) in [6.45, 7) is 1.13. The SMILES string of the molecule is COc1ccc(C2(CO)CCCCN2)cc1. The molecule has 2 N–H and O–H groups in total. The van der Waals surface area contributed by atoms with Gasteiger partial charge in [0.15, 0.2) is 0 Å². The quantitative estimate of drug-likeness (QED) is 0.815. The third-order valence-corrected chi connectivity index (χ3v) is 3.41. The number of nitrogens with one attached hydrogen (secondary N) is 1. The van der Waals surface area contributed by atoms with Gasteiger partial charge in [0.25, 0.3) is 0 Å². The van der Waals surface area contributed by atoms with Crippen molar-refractivity contribution < 1.29 is 9.84 Å². The topological polar surface area (TPSA) is 41.5 Å². The van der Waals surface area contributed by atoms with E-state index < -0.39 is 0 Å². The monoisotopic (exact) mass is 221 g/mol. The maximum Gasteiger partial charge on any atom is 0.118 e. The highest BCUT2D eigenvalue weighted by atomic mass is 16.5. The molecule has 0 amide bonds. The number of hydrogen-bond donors (Lipinski definition) is 2. The van der Waals surface area contributed by atoms with Crippen molar-refractivity contribution in [3.05, 3.63) is 29.8 Å². The van der Waals surface area contributed by atoms with Crippen molar-refractivity contribution in [2.45, 2.75) is 24.8 Å². The number of rotatable bonds is 3. The van der Waals surface area contributed by atoms with Gasteiger partial charge in [-0.3, -0.25) is 0 Å². The Morgan fingerprint density at radius 2 is 2.06 bits per heavy atom. The van der Waals surface area contributed by atoms with Gasteiger partial charge in [0.2, 0.25) is 0 Å². The molecule has 88 valence electrons. The maximum atomic E-state index is 9.63. The fourth-order valence-electron chi connectivity index (χ4n) is 2.35. The Kier molecular flexibility index (Phi) is 3.46. The van der Waals surface area contributed by atoms with Gasteiger partial charge in [0.1, 0.15) is 5.75 Å². The molecular weight excluding hydrogens is 202 g/mol. The van der Waals surface area contributed by atoms with Crippen molar-refractivity contribution in [2.24, 2.45) is 0 Å². The first-order valence-electron chi connectivity index (χ1n) is 5.81. The Bertz CT molecular complexity index is 328. The molecule has 1 atom stereocenters. The van der Waals surface area contributed by atoms with Gasteiger partial charge in [0, 0.05) is 0 Å². The van der Waals surface area contributed by atoms with Crippen LogP contribution in [-0.4, -0.2) is 25.4 Å². The smallest absolute Gasteiger partial charge is 0.118 e. The van der Waals surface area contributed by atoms with Crippen LogP contribution >= 0.6 is 0 Å². The summed E-state index contributed by atoms with van der Waals surface area (Å²) in [5.41, 5.74) is 0.903. The lowest BCUT2D eigenvalue weighted by molar-refractivity contribution is 0.131. The van der Waals surface area contributed by atoms with Gasteiger partial charge in [-0.2, -0.15) is 0 Å². The van der Waals surface area contributed by atoms with Crippen molar-refractivity contribution in [2.75, 3.05) is 20.3 Å². The highest BCUT2D eigenvalue weighted by molar-refractivity contribution is 5.32. The third-order valence-electron chi connectivity index (χ3n) is 3.41. The molecule has 1 aliphatic rings. The van der Waals surface area contributed by atoms with Crippen LogP contribution in [0.3, 0.4) is 0 Å². The fourth-order valence-corrected chi connectivity index (χ4v) is 2.35. The molecule has 1 aliphatic heterocycles. The number of methoxy groups -OCH3 is 1. The van der Waals surface area contributed by atoms with E-state index >= 15 is 0 Å². The van der Waals surface area contributed by atoms with E-state index in [0.717, 1.165) is 24.3 Å². The molecule has 1 heterocycles. The van der Waals surface area contributed by atoms with E-state index in [1.165, 1.54) is 12.8 Å². The minimum Gasteiger partial charge on any atom is -0.497 e. The van der Waals surface area contributed by atoms with Gasteiger partial charge in [0.05, 0.1) is 19.3 Å². The van der Waals surface area contributed by atoms with E-state index in [1.807, 2.05) is 24.3 Å². The van der Waals surface area contributed by atoms with E-state index in [2.05, 4.69) is 5.32 Å². The molecule has 1 aromatic rings. The number of ether oxygens (including phenoxy) is 1. The molecule has 0 radical (unpaired) electrons. The molecule has 1 aromatic carbocycles. The second kappa shape index (κ2) is 4.85. The molecule has 1 saturated heterocycles. The standard InChI is InChI=1S/C13H19NO2/c1-16-12-6-4-11(5-7-12)13(10-15)8-2-3-9-14-13/h4-7,14-15H,2-3,8-10H2,1H3. The predicted octanol–water partition coefficient (Wildman–Crippen LogP) is 1.66. The highest BCUT2D eigenvalue weighted by Crippen LogP contribution is 2.30. The molecule has 0 bridgehead atoms. The van der Waals surface area contributed by atoms with Crippen LogP contribution in [0, 0.1) is 0 Å². The van der Waals surface area contributed by atoms with E-state index in [-0.39, 0.29) is 12.1 Å². The van der Waals surface area contributed by atoms with Crippen molar-refractivity contribution in [1.82, 2.24) is 5.32 Å². The van der Waals surface area contributed by atoms with Gasteiger partial charge < -0.3 is 15.2 Å². The minimum atomic E-state index is -0.246. The van der Waals surface area contributed by atoms with Gasteiger partial charge in [-0.05, 0) is 43.5 Å². The fraction of sp³-hybridized carbons (Fsp3) is 0.538. The van der Waals surface area contributed by atoms with Gasteiger partial charge in [-0.25, -0.2) is 0 Å². The van der Waals surface area contributed by atoms with Crippen LogP contribution in [0.1, 0.15) is 24.8 Å². The average molecular weight is 221 g/mol. The van der Waals surface area contributed by atoms with E-state index in [9.17, 15) is 5.11 Å². The molecule has 3 heteroatoms. The Balaban J connectivity index is 2.24. The van der Waals surface area contributed by atoms with Crippen LogP contribution in [0.25, 0.3) is 0 Å². The van der Waals surface area contributed by atoms with Crippen LogP contribution in [-0.2, 0) is 5.54 Å². The lowest BCUT2D eigenvalue weighted by atomic mass is 9.83. The summed E-state index contributed by atoms with van der Waals surface area (Å²) in [7, 11) is 1.66. The number of piperidine rings is 1. The third kappa shape index (κ3) is 2.06. The molecule has 0 aromatic heterocycles. The van der Waals surface area contributed by atoms with Crippen LogP contribution in [0.5, 0.6) is 5.75 Å². The van der Waals surface area contributed by atoms with Crippen molar-refractivity contribution in [3.63, 3.8) is 0 Å². The van der Waals surface area contributed by atoms with E-state index in [4.69, 9.17) is 4.74 Å². The summed E-state index contributed by atoms with van der Waals surface area (Å²) in [6.07, 6.45) is 3.35. The largest absolute Gasteiger partial charge is 0.497 e. The molecule has 2 rings (SSSR count). The van der Waals surface area contributed by atoms with Crippen LogP contribution < -0.4 is 10.1 Å². The molecule has 0 aliphatic carbocycles. The molecule has 0 saturated carbocycles. The number of aliphatic hydroxyl groups is 1. The first-order valence-corrected chi connectivity index (χ1v) is 5.81. The van der Waals surface area contributed by atoms with Crippen LogP contribution in [0.2, 0.25) is 0 Å². The summed E-state index contributed by atoms with van der Waals surface area (Å²) >= 11 is 0. The van der Waals surface area contributed by atoms with Crippen molar-refractivity contribution in [1.29, 1.82) is 0 Å². The summed E-state index contributed by atoms with van der Waals surface area (Å²) in [4.78, 5) is 0. The van der Waals surface area contributed by atoms with Gasteiger partial charge >= 0.3 is 0 Å². The molecule has 16 heavy (non-hydrogen) atoms. The molecule has 1 fully saturated rings. The van der Waals surface area contributed by atoms with E-state index in [1.54, 1.807) is 7.11 Å². The second-order valence-corrected chi connectivity index (χ2v) is 4.35. The molecule has 3 nitrogen and oxygen atoms in total. The first-order chi connectivity index (χ1) is 7.80. The predicted molar refractivity (Wildman–Crippen MR) is 63.6 cm³/mol. The van der Waals surface area contributed by atoms with Crippen molar-refractivity contribution >= 4 is 0 Å². The van der Waals surface area contributed by atoms with Crippen LogP contribution in [0.15, 0.2) is 24.3 Å². The average Bonchev–Trinajstić information content (AvgIpc) is 2.39. The lowest BCUT2D eigenvalue weighted by Gasteiger charge is -2.37. The normalized spacial score (nSPS) is 25.4. The number of hydrogen-bond acceptors (Lipinski definition) is 3. The zero-order valence-electron chi connectivity index (χ0n) is 9.70. The van der Waals surface area contributed by atoms with E-state index in [0.29, 0.717) is 0 Å². The number of benzene rings is 1. The van der Waals surface area contributed by atoms with Crippen molar-refractivity contribution in [3.8, 4) is 5.75 Å². The van der Waals surface area contributed by atoms with Gasteiger partial charge in [-0.1, -0.05) is 12.1 Å². The highest BCUT2D eigenvalue weighted by Gasteiger charge is 2.32. The Labute approximate surface area is 96.4 Å². The summed E-state index contributed by atoms with van der Waals surface area (Å²) in [6, 6.07) is 7.97.